The standard InChI is InChI=1S/C21H32ClN5O4/c1-12(17-6-5-15(22)8-18(17)25-14(3)28)7-19-20(29)26(10-13(2)27(19)23)11-16-9-24-21(30-4)31-16/h5-8,12-13,16,20-21,24,29H,9-11,23H2,1-4H3,(H,25,28)/b19-7-. The molecule has 2 saturated heterocycles. The lowest BCUT2D eigenvalue weighted by atomic mass is 9.96. The number of nitrogens with two attached hydrogens (primary N) is 1. The molecule has 2 aliphatic heterocycles. The molecular formula is C21H32ClN5O4. The normalized spacial score (nSPS) is 29.4. The number of methoxy groups -OCH3 is 1. The van der Waals surface area contributed by atoms with E-state index in [1.165, 1.54) is 6.92 Å². The number of hydrogen-bond acceptors (Lipinski definition) is 8. The first kappa shape index (κ1) is 23.9. The van der Waals surface area contributed by atoms with Crippen LogP contribution in [0.5, 0.6) is 0 Å². The number of hydrogen-bond donors (Lipinski definition) is 4. The summed E-state index contributed by atoms with van der Waals surface area (Å²) in [6.45, 7) is 7.22. The number of allylic oxidation sites excluding steroid dienone is 1. The summed E-state index contributed by atoms with van der Waals surface area (Å²) in [5, 5.41) is 19.2. The number of nitrogens with one attached hydrogen (secondary N) is 2. The molecule has 5 N–H and O–H groups in total. The molecule has 2 fully saturated rings. The molecule has 0 aromatic heterocycles. The van der Waals surface area contributed by atoms with Gasteiger partial charge in [0.25, 0.3) is 0 Å². The van der Waals surface area contributed by atoms with Gasteiger partial charge in [-0.1, -0.05) is 30.7 Å². The number of hydrazine groups is 1. The Balaban J connectivity index is 1.81. The van der Waals surface area contributed by atoms with E-state index < -0.39 is 12.6 Å². The van der Waals surface area contributed by atoms with Crippen molar-refractivity contribution in [3.8, 4) is 0 Å². The highest BCUT2D eigenvalue weighted by Crippen LogP contribution is 2.31. The van der Waals surface area contributed by atoms with E-state index >= 15 is 0 Å². The van der Waals surface area contributed by atoms with Crippen LogP contribution >= 0.6 is 11.6 Å². The van der Waals surface area contributed by atoms with Crippen molar-refractivity contribution < 1.29 is 19.4 Å². The summed E-state index contributed by atoms with van der Waals surface area (Å²) in [6.07, 6.45) is 0.512. The number of rotatable bonds is 6. The van der Waals surface area contributed by atoms with E-state index in [4.69, 9.17) is 26.9 Å². The van der Waals surface area contributed by atoms with Crippen molar-refractivity contribution in [1.82, 2.24) is 15.2 Å². The maximum Gasteiger partial charge on any atom is 0.221 e. The van der Waals surface area contributed by atoms with Gasteiger partial charge in [-0.3, -0.25) is 15.0 Å². The molecule has 0 saturated carbocycles. The van der Waals surface area contributed by atoms with Crippen LogP contribution in [0.1, 0.15) is 32.3 Å². The Kier molecular flexibility index (Phi) is 7.92. The molecule has 1 amide bonds. The average molecular weight is 454 g/mol. The Hall–Kier alpha value is -1.72. The number of benzene rings is 1. The largest absolute Gasteiger partial charge is 0.372 e. The molecule has 5 unspecified atom stereocenters. The minimum Gasteiger partial charge on any atom is -0.372 e. The number of piperazine rings is 1. The van der Waals surface area contributed by atoms with Gasteiger partial charge in [-0.2, -0.15) is 0 Å². The summed E-state index contributed by atoms with van der Waals surface area (Å²) in [7, 11) is 1.58. The first-order chi connectivity index (χ1) is 14.7. The van der Waals surface area contributed by atoms with Gasteiger partial charge in [0.1, 0.15) is 6.23 Å². The first-order valence-electron chi connectivity index (χ1n) is 10.4. The van der Waals surface area contributed by atoms with Gasteiger partial charge in [0.2, 0.25) is 12.3 Å². The van der Waals surface area contributed by atoms with Crippen LogP contribution in [0.2, 0.25) is 5.02 Å². The number of halogens is 1. The van der Waals surface area contributed by atoms with E-state index in [0.717, 1.165) is 5.56 Å². The van der Waals surface area contributed by atoms with Crippen molar-refractivity contribution in [1.29, 1.82) is 0 Å². The zero-order chi connectivity index (χ0) is 22.7. The number of ether oxygens (including phenoxy) is 2. The summed E-state index contributed by atoms with van der Waals surface area (Å²) in [5.74, 6) is 6.01. The molecule has 0 aliphatic carbocycles. The van der Waals surface area contributed by atoms with E-state index in [2.05, 4.69) is 10.6 Å². The van der Waals surface area contributed by atoms with Gasteiger partial charge in [0.05, 0.1) is 17.8 Å². The zero-order valence-electron chi connectivity index (χ0n) is 18.3. The second-order valence-electron chi connectivity index (χ2n) is 8.11. The summed E-state index contributed by atoms with van der Waals surface area (Å²) in [6, 6.07) is 5.36. The quantitative estimate of drug-likeness (QED) is 0.478. The molecule has 5 atom stereocenters. The van der Waals surface area contributed by atoms with Crippen molar-refractivity contribution in [3.63, 3.8) is 0 Å². The summed E-state index contributed by atoms with van der Waals surface area (Å²) < 4.78 is 10.9. The molecule has 3 rings (SSSR count). The van der Waals surface area contributed by atoms with E-state index in [1.807, 2.05) is 30.9 Å². The molecule has 31 heavy (non-hydrogen) atoms. The minimum atomic E-state index is -0.884. The fourth-order valence-electron chi connectivity index (χ4n) is 4.02. The van der Waals surface area contributed by atoms with Crippen molar-refractivity contribution in [2.75, 3.05) is 32.1 Å². The Morgan fingerprint density at radius 1 is 1.55 bits per heavy atom. The lowest BCUT2D eigenvalue weighted by molar-refractivity contribution is -0.138. The number of carbonyl (C=O) groups excluding carboxylic acids is 1. The van der Waals surface area contributed by atoms with Gasteiger partial charge in [-0.15, -0.1) is 0 Å². The Morgan fingerprint density at radius 2 is 2.29 bits per heavy atom. The van der Waals surface area contributed by atoms with Crippen LogP contribution in [0.25, 0.3) is 0 Å². The van der Waals surface area contributed by atoms with Crippen LogP contribution in [0, 0.1) is 0 Å². The molecule has 10 heteroatoms. The second-order valence-corrected chi connectivity index (χ2v) is 8.55. The highest BCUT2D eigenvalue weighted by atomic mass is 35.5. The van der Waals surface area contributed by atoms with Gasteiger partial charge < -0.3 is 24.9 Å². The van der Waals surface area contributed by atoms with Crippen LogP contribution in [-0.2, 0) is 14.3 Å². The van der Waals surface area contributed by atoms with Crippen molar-refractivity contribution in [2.45, 2.75) is 51.5 Å². The highest BCUT2D eigenvalue weighted by molar-refractivity contribution is 6.31. The monoisotopic (exact) mass is 453 g/mol. The predicted octanol–water partition coefficient (Wildman–Crippen LogP) is 1.40. The number of nitrogens with zero attached hydrogens (tertiary/aromatic N) is 2. The Bertz CT molecular complexity index is 823. The third-order valence-corrected chi connectivity index (χ3v) is 5.84. The van der Waals surface area contributed by atoms with Crippen molar-refractivity contribution >= 4 is 23.2 Å². The third kappa shape index (κ3) is 5.75. The SMILES string of the molecule is COC1NCC(CN2CC(C)N(N)/C(=C\C(C)c3ccc(Cl)cc3NC(C)=O)C2O)O1. The molecule has 1 aromatic rings. The third-order valence-electron chi connectivity index (χ3n) is 5.60. The molecular weight excluding hydrogens is 422 g/mol. The van der Waals surface area contributed by atoms with Gasteiger partial charge in [0, 0.05) is 50.3 Å². The maximum absolute atomic E-state index is 11.6. The molecule has 0 bridgehead atoms. The van der Waals surface area contributed by atoms with Gasteiger partial charge in [-0.25, -0.2) is 5.84 Å². The number of aliphatic hydroxyl groups excluding tert-OH is 1. The van der Waals surface area contributed by atoms with E-state index in [9.17, 15) is 9.90 Å². The maximum atomic E-state index is 11.6. The topological polar surface area (TPSA) is 112 Å². The molecule has 1 aromatic carbocycles. The summed E-state index contributed by atoms with van der Waals surface area (Å²) in [4.78, 5) is 13.6. The molecule has 9 nitrogen and oxygen atoms in total. The van der Waals surface area contributed by atoms with Crippen LogP contribution in [-0.4, -0.2) is 72.5 Å². The van der Waals surface area contributed by atoms with Crippen molar-refractivity contribution in [3.05, 3.63) is 40.6 Å². The number of amides is 1. The Labute approximate surface area is 188 Å². The van der Waals surface area contributed by atoms with E-state index in [1.54, 1.807) is 24.3 Å². The zero-order valence-corrected chi connectivity index (χ0v) is 19.1. The molecule has 2 aliphatic rings. The summed E-state index contributed by atoms with van der Waals surface area (Å²) in [5.41, 5.74) is 2.12. The van der Waals surface area contributed by atoms with Crippen LogP contribution in [0.3, 0.4) is 0 Å². The number of anilines is 1. The lowest BCUT2D eigenvalue weighted by Gasteiger charge is -2.44. The molecule has 172 valence electrons. The number of carbonyl (C=O) groups is 1. The van der Waals surface area contributed by atoms with Crippen LogP contribution < -0.4 is 16.5 Å². The molecule has 0 radical (unpaired) electrons. The van der Waals surface area contributed by atoms with Gasteiger partial charge in [0.15, 0.2) is 0 Å². The predicted molar refractivity (Wildman–Crippen MR) is 119 cm³/mol. The second kappa shape index (κ2) is 10.3. The van der Waals surface area contributed by atoms with Crippen LogP contribution in [0.15, 0.2) is 30.0 Å². The van der Waals surface area contributed by atoms with Gasteiger partial charge in [-0.05, 0) is 24.6 Å². The van der Waals surface area contributed by atoms with Crippen LogP contribution in [0.4, 0.5) is 5.69 Å². The fourth-order valence-corrected chi connectivity index (χ4v) is 4.20. The molecule has 0 spiro atoms. The highest BCUT2D eigenvalue weighted by Gasteiger charge is 2.36. The Morgan fingerprint density at radius 3 is 2.94 bits per heavy atom. The lowest BCUT2D eigenvalue weighted by Crippen LogP contribution is -2.59. The van der Waals surface area contributed by atoms with Gasteiger partial charge >= 0.3 is 0 Å². The average Bonchev–Trinajstić information content (AvgIpc) is 3.16. The smallest absolute Gasteiger partial charge is 0.221 e. The minimum absolute atomic E-state index is 0.00512. The van der Waals surface area contributed by atoms with Crippen molar-refractivity contribution in [2.24, 2.45) is 5.84 Å². The van der Waals surface area contributed by atoms with E-state index in [-0.39, 0.29) is 24.0 Å². The first-order valence-corrected chi connectivity index (χ1v) is 10.7. The van der Waals surface area contributed by atoms with E-state index in [0.29, 0.717) is 36.0 Å². The molecule has 2 heterocycles. The summed E-state index contributed by atoms with van der Waals surface area (Å²) >= 11 is 6.12. The number of aliphatic hydroxyl groups is 1. The fraction of sp³-hybridized carbons (Fsp3) is 0.571.